The number of carbonyl (C=O) groups is 1. The number of hydrogen-bond acceptors (Lipinski definition) is 2. The van der Waals surface area contributed by atoms with E-state index >= 15 is 0 Å². The molecule has 0 amide bonds. The van der Waals surface area contributed by atoms with E-state index in [0.717, 1.165) is 31.4 Å². The normalized spacial score (nSPS) is 27.8. The average Bonchev–Trinajstić information content (AvgIpc) is 2.55. The molecule has 3 aliphatic rings. The molecule has 0 heterocycles. The summed E-state index contributed by atoms with van der Waals surface area (Å²) >= 11 is 0. The monoisotopic (exact) mass is 322 g/mol. The Morgan fingerprint density at radius 2 is 1.83 bits per heavy atom. The predicted molar refractivity (Wildman–Crippen MR) is 97.1 cm³/mol. The Morgan fingerprint density at radius 1 is 1.04 bits per heavy atom. The van der Waals surface area contributed by atoms with Gasteiger partial charge in [-0.15, -0.1) is 0 Å². The summed E-state index contributed by atoms with van der Waals surface area (Å²) in [5, 5.41) is 0. The van der Waals surface area contributed by atoms with Crippen LogP contribution in [0.1, 0.15) is 57.6 Å². The number of benzene rings is 1. The van der Waals surface area contributed by atoms with Gasteiger partial charge in [0.2, 0.25) is 0 Å². The Morgan fingerprint density at radius 3 is 2.58 bits per heavy atom. The molecule has 0 saturated heterocycles. The van der Waals surface area contributed by atoms with Gasteiger partial charge in [-0.1, -0.05) is 26.0 Å². The highest BCUT2D eigenvalue weighted by Crippen LogP contribution is 2.55. The molecule has 24 heavy (non-hydrogen) atoms. The van der Waals surface area contributed by atoms with Crippen LogP contribution in [0.25, 0.3) is 5.57 Å². The first kappa shape index (κ1) is 15.7. The lowest BCUT2D eigenvalue weighted by molar-refractivity contribution is -0.128. The van der Waals surface area contributed by atoms with E-state index in [-0.39, 0.29) is 10.8 Å². The number of fused-ring (bicyclic) bond motifs is 4. The van der Waals surface area contributed by atoms with Crippen LogP contribution in [-0.4, -0.2) is 12.9 Å². The summed E-state index contributed by atoms with van der Waals surface area (Å²) in [6, 6.07) is 6.45. The molecule has 1 aromatic rings. The van der Waals surface area contributed by atoms with Crippen LogP contribution in [0.15, 0.2) is 35.4 Å². The fourth-order valence-electron chi connectivity index (χ4n) is 4.78. The highest BCUT2D eigenvalue weighted by molar-refractivity contribution is 5.94. The second kappa shape index (κ2) is 5.08. The summed E-state index contributed by atoms with van der Waals surface area (Å²) in [7, 11) is 1.72. The van der Waals surface area contributed by atoms with Crippen LogP contribution in [0.4, 0.5) is 0 Å². The van der Waals surface area contributed by atoms with E-state index in [9.17, 15) is 4.79 Å². The van der Waals surface area contributed by atoms with Crippen LogP contribution in [0.3, 0.4) is 0 Å². The number of allylic oxidation sites excluding steroid dienone is 4. The van der Waals surface area contributed by atoms with Gasteiger partial charge in [0.25, 0.3) is 0 Å². The molecule has 0 N–H and O–H groups in total. The molecular weight excluding hydrogens is 296 g/mol. The summed E-state index contributed by atoms with van der Waals surface area (Å²) in [5.74, 6) is 1.36. The van der Waals surface area contributed by atoms with Crippen LogP contribution in [0.5, 0.6) is 5.75 Å². The quantitative estimate of drug-likeness (QED) is 0.717. The lowest BCUT2D eigenvalue weighted by Crippen LogP contribution is -2.41. The Hall–Kier alpha value is -1.83. The zero-order valence-electron chi connectivity index (χ0n) is 15.2. The standard InChI is InChI=1S/C22H26O2/c1-21(2)12-19-18-7-5-14-11-15(24-4)6-8-16(14)17(18)9-10-22(19,3)20(23)13-21/h6,8,11-12H,5,7,9-10,13H2,1-4H3/t22-/m0/s1. The molecule has 4 rings (SSSR count). The van der Waals surface area contributed by atoms with Crippen LogP contribution in [0.2, 0.25) is 0 Å². The van der Waals surface area contributed by atoms with E-state index < -0.39 is 0 Å². The molecule has 0 saturated carbocycles. The molecule has 0 radical (unpaired) electrons. The molecule has 0 spiro atoms. The van der Waals surface area contributed by atoms with Gasteiger partial charge in [-0.05, 0) is 78.0 Å². The summed E-state index contributed by atoms with van der Waals surface area (Å²) in [4.78, 5) is 12.9. The molecule has 0 aromatic heterocycles. The summed E-state index contributed by atoms with van der Waals surface area (Å²) in [5.41, 5.74) is 6.71. The number of hydrogen-bond donors (Lipinski definition) is 0. The molecule has 126 valence electrons. The zero-order valence-corrected chi connectivity index (χ0v) is 15.2. The predicted octanol–water partition coefficient (Wildman–Crippen LogP) is 5.12. The van der Waals surface area contributed by atoms with E-state index in [1.807, 2.05) is 0 Å². The molecule has 0 bridgehead atoms. The van der Waals surface area contributed by atoms with Gasteiger partial charge in [0, 0.05) is 6.42 Å². The zero-order chi connectivity index (χ0) is 17.1. The second-order valence-electron chi connectivity index (χ2n) is 8.46. The van der Waals surface area contributed by atoms with Crippen molar-refractivity contribution in [2.75, 3.05) is 7.11 Å². The van der Waals surface area contributed by atoms with Crippen LogP contribution in [-0.2, 0) is 11.2 Å². The Labute approximate surface area is 144 Å². The lowest BCUT2D eigenvalue weighted by atomic mass is 9.57. The van der Waals surface area contributed by atoms with E-state index in [2.05, 4.69) is 45.0 Å². The molecule has 2 heteroatoms. The maximum Gasteiger partial charge on any atom is 0.143 e. The van der Waals surface area contributed by atoms with E-state index in [4.69, 9.17) is 4.74 Å². The minimum Gasteiger partial charge on any atom is -0.497 e. The number of Topliss-reactive ketones (excluding diaryl/α,β-unsaturated/α-hetero) is 1. The van der Waals surface area contributed by atoms with Crippen molar-refractivity contribution in [3.05, 3.63) is 46.5 Å². The van der Waals surface area contributed by atoms with Crippen molar-refractivity contribution in [2.24, 2.45) is 10.8 Å². The summed E-state index contributed by atoms with van der Waals surface area (Å²) in [6.45, 7) is 6.55. The highest BCUT2D eigenvalue weighted by Gasteiger charge is 2.47. The molecule has 0 unspecified atom stereocenters. The number of ether oxygens (including phenoxy) is 1. The van der Waals surface area contributed by atoms with Gasteiger partial charge >= 0.3 is 0 Å². The molecule has 2 nitrogen and oxygen atoms in total. The van der Waals surface area contributed by atoms with E-state index in [1.54, 1.807) is 7.11 Å². The Balaban J connectivity index is 1.88. The van der Waals surface area contributed by atoms with Crippen LogP contribution in [0, 0.1) is 10.8 Å². The number of carbonyl (C=O) groups excluding carboxylic acids is 1. The maximum atomic E-state index is 12.9. The molecule has 3 aliphatic carbocycles. The number of aryl methyl sites for hydroxylation is 1. The van der Waals surface area contributed by atoms with Crippen molar-refractivity contribution in [2.45, 2.75) is 52.9 Å². The van der Waals surface area contributed by atoms with E-state index in [1.165, 1.54) is 27.8 Å². The first-order valence-corrected chi connectivity index (χ1v) is 9.00. The number of ketones is 1. The molecule has 0 fully saturated rings. The first-order valence-electron chi connectivity index (χ1n) is 9.00. The largest absolute Gasteiger partial charge is 0.497 e. The number of methoxy groups -OCH3 is 1. The SMILES string of the molecule is COc1ccc2c(c1)CCC1=C2CC[C@]2(C)C(=O)CC(C)(C)C=C12. The maximum absolute atomic E-state index is 12.9. The third-order valence-electron chi connectivity index (χ3n) is 6.21. The van der Waals surface area contributed by atoms with Crippen molar-refractivity contribution in [1.82, 2.24) is 0 Å². The Bertz CT molecular complexity index is 794. The summed E-state index contributed by atoms with van der Waals surface area (Å²) < 4.78 is 5.39. The van der Waals surface area contributed by atoms with Gasteiger partial charge < -0.3 is 4.74 Å². The van der Waals surface area contributed by atoms with Crippen LogP contribution < -0.4 is 4.74 Å². The fraction of sp³-hybridized carbons (Fsp3) is 0.500. The summed E-state index contributed by atoms with van der Waals surface area (Å²) in [6.07, 6.45) is 7.10. The third-order valence-corrected chi connectivity index (χ3v) is 6.21. The lowest BCUT2D eigenvalue weighted by Gasteiger charge is -2.45. The minimum atomic E-state index is -0.266. The topological polar surface area (TPSA) is 26.3 Å². The van der Waals surface area contributed by atoms with Crippen molar-refractivity contribution >= 4 is 11.4 Å². The average molecular weight is 322 g/mol. The van der Waals surface area contributed by atoms with Crippen molar-refractivity contribution in [3.63, 3.8) is 0 Å². The molecule has 0 aliphatic heterocycles. The third kappa shape index (κ3) is 2.19. The fourth-order valence-corrected chi connectivity index (χ4v) is 4.78. The number of rotatable bonds is 1. The Kier molecular flexibility index (Phi) is 3.32. The van der Waals surface area contributed by atoms with Gasteiger partial charge in [0.05, 0.1) is 12.5 Å². The second-order valence-corrected chi connectivity index (χ2v) is 8.46. The van der Waals surface area contributed by atoms with Crippen molar-refractivity contribution < 1.29 is 9.53 Å². The van der Waals surface area contributed by atoms with Crippen molar-refractivity contribution in [1.29, 1.82) is 0 Å². The van der Waals surface area contributed by atoms with Gasteiger partial charge in [-0.25, -0.2) is 0 Å². The molecular formula is C22H26O2. The van der Waals surface area contributed by atoms with Gasteiger partial charge in [-0.2, -0.15) is 0 Å². The molecule has 1 aromatic carbocycles. The van der Waals surface area contributed by atoms with Crippen LogP contribution >= 0.6 is 0 Å². The highest BCUT2D eigenvalue weighted by atomic mass is 16.5. The van der Waals surface area contributed by atoms with Gasteiger partial charge in [0.1, 0.15) is 11.5 Å². The van der Waals surface area contributed by atoms with Gasteiger partial charge in [-0.3, -0.25) is 4.79 Å². The van der Waals surface area contributed by atoms with Gasteiger partial charge in [0.15, 0.2) is 0 Å². The van der Waals surface area contributed by atoms with E-state index in [0.29, 0.717) is 12.2 Å². The molecule has 1 atom stereocenters. The smallest absolute Gasteiger partial charge is 0.143 e. The minimum absolute atomic E-state index is 0.0262. The first-order chi connectivity index (χ1) is 11.3. The van der Waals surface area contributed by atoms with Crippen molar-refractivity contribution in [3.8, 4) is 5.75 Å².